The molecule has 4 aromatic rings. The molecule has 0 aliphatic heterocycles. The Morgan fingerprint density at radius 3 is 2.34 bits per heavy atom. The van der Waals surface area contributed by atoms with Crippen LogP contribution >= 0.6 is 0 Å². The number of benzene rings is 3. The molecule has 1 heterocycles. The summed E-state index contributed by atoms with van der Waals surface area (Å²) in [5, 5.41) is 8.41. The lowest BCUT2D eigenvalue weighted by Crippen LogP contribution is -2.30. The Morgan fingerprint density at radius 2 is 1.54 bits per heavy atom. The van der Waals surface area contributed by atoms with E-state index in [9.17, 15) is 9.59 Å². The van der Waals surface area contributed by atoms with Crippen LogP contribution < -0.4 is 10.9 Å². The van der Waals surface area contributed by atoms with Gasteiger partial charge >= 0.3 is 0 Å². The first-order chi connectivity index (χ1) is 17.2. The zero-order valence-electron chi connectivity index (χ0n) is 19.8. The van der Waals surface area contributed by atoms with Gasteiger partial charge in [0.2, 0.25) is 0 Å². The number of amides is 1. The van der Waals surface area contributed by atoms with E-state index in [4.69, 9.17) is 9.47 Å². The second kappa shape index (κ2) is 12.1. The van der Waals surface area contributed by atoms with Crippen LogP contribution in [0.2, 0.25) is 0 Å². The SMILES string of the molecule is CCOCCOCc1cccc(CNC(=O)c2nn(Cc3ccccc3)c(=O)c3ccccc23)c1. The van der Waals surface area contributed by atoms with Crippen LogP contribution in [0.1, 0.15) is 34.1 Å². The lowest BCUT2D eigenvalue weighted by molar-refractivity contribution is 0.0453. The summed E-state index contributed by atoms with van der Waals surface area (Å²) in [6, 6.07) is 24.6. The summed E-state index contributed by atoms with van der Waals surface area (Å²) in [5.74, 6) is -0.332. The first-order valence-corrected chi connectivity index (χ1v) is 11.7. The van der Waals surface area contributed by atoms with Crippen molar-refractivity contribution in [2.75, 3.05) is 19.8 Å². The predicted molar refractivity (Wildman–Crippen MR) is 135 cm³/mol. The summed E-state index contributed by atoms with van der Waals surface area (Å²) < 4.78 is 12.3. The fourth-order valence-electron chi connectivity index (χ4n) is 3.81. The van der Waals surface area contributed by atoms with Crippen LogP contribution in [0.3, 0.4) is 0 Å². The van der Waals surface area contributed by atoms with Crippen molar-refractivity contribution in [3.05, 3.63) is 112 Å². The Kier molecular flexibility index (Phi) is 8.38. The molecule has 3 aromatic carbocycles. The Hall–Kier alpha value is -3.81. The van der Waals surface area contributed by atoms with E-state index < -0.39 is 0 Å². The molecule has 1 N–H and O–H groups in total. The van der Waals surface area contributed by atoms with Crippen molar-refractivity contribution in [2.45, 2.75) is 26.6 Å². The zero-order chi connectivity index (χ0) is 24.5. The van der Waals surface area contributed by atoms with Crippen LogP contribution in [0.25, 0.3) is 10.8 Å². The van der Waals surface area contributed by atoms with E-state index in [0.29, 0.717) is 43.7 Å². The van der Waals surface area contributed by atoms with Gasteiger partial charge in [0.1, 0.15) is 0 Å². The molecule has 0 atom stereocenters. The summed E-state index contributed by atoms with van der Waals surface area (Å²) in [4.78, 5) is 26.2. The molecular weight excluding hydrogens is 442 g/mol. The molecule has 0 aliphatic rings. The van der Waals surface area contributed by atoms with Crippen LogP contribution in [0.4, 0.5) is 0 Å². The third kappa shape index (κ3) is 6.41. The van der Waals surface area contributed by atoms with Gasteiger partial charge in [-0.25, -0.2) is 4.68 Å². The monoisotopic (exact) mass is 471 g/mol. The number of nitrogens with one attached hydrogen (secondary N) is 1. The number of aromatic nitrogens is 2. The molecule has 7 nitrogen and oxygen atoms in total. The number of ether oxygens (including phenoxy) is 2. The van der Waals surface area contributed by atoms with Gasteiger partial charge in [-0.15, -0.1) is 0 Å². The minimum atomic E-state index is -0.332. The topological polar surface area (TPSA) is 82.4 Å². The molecule has 180 valence electrons. The largest absolute Gasteiger partial charge is 0.379 e. The summed E-state index contributed by atoms with van der Waals surface area (Å²) in [5.41, 5.74) is 2.91. The molecule has 0 fully saturated rings. The fourth-order valence-corrected chi connectivity index (χ4v) is 3.81. The van der Waals surface area contributed by atoms with Crippen LogP contribution in [0.15, 0.2) is 83.7 Å². The van der Waals surface area contributed by atoms with E-state index >= 15 is 0 Å². The van der Waals surface area contributed by atoms with Crippen LogP contribution in [-0.2, 0) is 29.2 Å². The maximum atomic E-state index is 13.2. The lowest BCUT2D eigenvalue weighted by Gasteiger charge is -2.12. The average molecular weight is 472 g/mol. The smallest absolute Gasteiger partial charge is 0.274 e. The van der Waals surface area contributed by atoms with Gasteiger partial charge in [0, 0.05) is 18.5 Å². The van der Waals surface area contributed by atoms with Crippen LogP contribution in [-0.4, -0.2) is 35.5 Å². The average Bonchev–Trinajstić information content (AvgIpc) is 2.90. The van der Waals surface area contributed by atoms with Crippen molar-refractivity contribution in [1.29, 1.82) is 0 Å². The third-order valence-electron chi connectivity index (χ3n) is 5.55. The quantitative estimate of drug-likeness (QED) is 0.335. The van der Waals surface area contributed by atoms with Crippen molar-refractivity contribution < 1.29 is 14.3 Å². The molecule has 0 bridgehead atoms. The molecular formula is C28H29N3O4. The second-order valence-electron chi connectivity index (χ2n) is 8.09. The van der Waals surface area contributed by atoms with Gasteiger partial charge < -0.3 is 14.8 Å². The molecule has 1 aromatic heterocycles. The minimum Gasteiger partial charge on any atom is -0.379 e. The van der Waals surface area contributed by atoms with Crippen molar-refractivity contribution >= 4 is 16.7 Å². The maximum Gasteiger partial charge on any atom is 0.274 e. The zero-order valence-corrected chi connectivity index (χ0v) is 19.8. The highest BCUT2D eigenvalue weighted by Crippen LogP contribution is 2.14. The molecule has 0 saturated carbocycles. The second-order valence-corrected chi connectivity index (χ2v) is 8.09. The van der Waals surface area contributed by atoms with E-state index in [1.807, 2.05) is 61.5 Å². The van der Waals surface area contributed by atoms with E-state index in [2.05, 4.69) is 10.4 Å². The van der Waals surface area contributed by atoms with Crippen LogP contribution in [0, 0.1) is 0 Å². The summed E-state index contributed by atoms with van der Waals surface area (Å²) in [6.07, 6.45) is 0. The molecule has 0 spiro atoms. The summed E-state index contributed by atoms with van der Waals surface area (Å²) in [6.45, 7) is 4.83. The molecule has 0 radical (unpaired) electrons. The van der Waals surface area contributed by atoms with Crippen molar-refractivity contribution in [3.63, 3.8) is 0 Å². The molecule has 0 saturated heterocycles. The highest BCUT2D eigenvalue weighted by atomic mass is 16.5. The van der Waals surface area contributed by atoms with Crippen LogP contribution in [0.5, 0.6) is 0 Å². The summed E-state index contributed by atoms with van der Waals surface area (Å²) >= 11 is 0. The number of rotatable bonds is 11. The van der Waals surface area contributed by atoms with E-state index in [1.165, 1.54) is 4.68 Å². The minimum absolute atomic E-state index is 0.224. The van der Waals surface area contributed by atoms with Gasteiger partial charge in [0.25, 0.3) is 11.5 Å². The molecule has 0 unspecified atom stereocenters. The number of hydrogen-bond donors (Lipinski definition) is 1. The maximum absolute atomic E-state index is 13.2. The number of fused-ring (bicyclic) bond motifs is 1. The molecule has 1 amide bonds. The van der Waals surface area contributed by atoms with Crippen molar-refractivity contribution in [1.82, 2.24) is 15.1 Å². The van der Waals surface area contributed by atoms with E-state index in [-0.39, 0.29) is 23.7 Å². The fraction of sp³-hybridized carbons (Fsp3) is 0.250. The Bertz CT molecular complexity index is 1340. The molecule has 0 aliphatic carbocycles. The molecule has 35 heavy (non-hydrogen) atoms. The molecule has 7 heteroatoms. The van der Waals surface area contributed by atoms with Gasteiger partial charge in [0.15, 0.2) is 5.69 Å². The Labute approximate surface area is 204 Å². The standard InChI is InChI=1S/C28H29N3O4/c1-2-34-15-16-35-20-23-12-8-11-22(17-23)18-29-27(32)26-24-13-6-7-14-25(24)28(33)31(30-26)19-21-9-4-3-5-10-21/h3-14,17H,2,15-16,18-20H2,1H3,(H,29,32). The Balaban J connectivity index is 1.49. The van der Waals surface area contributed by atoms with E-state index in [1.54, 1.807) is 24.3 Å². The first-order valence-electron chi connectivity index (χ1n) is 11.7. The van der Waals surface area contributed by atoms with Gasteiger partial charge in [0.05, 0.1) is 31.8 Å². The van der Waals surface area contributed by atoms with Gasteiger partial charge in [-0.2, -0.15) is 5.10 Å². The summed E-state index contributed by atoms with van der Waals surface area (Å²) in [7, 11) is 0. The number of nitrogens with zero attached hydrogens (tertiary/aromatic N) is 2. The highest BCUT2D eigenvalue weighted by Gasteiger charge is 2.16. The van der Waals surface area contributed by atoms with Gasteiger partial charge in [-0.1, -0.05) is 72.8 Å². The van der Waals surface area contributed by atoms with Crippen molar-refractivity contribution in [2.24, 2.45) is 0 Å². The normalized spacial score (nSPS) is 11.0. The number of carbonyl (C=O) groups is 1. The first kappa shape index (κ1) is 24.3. The Morgan fingerprint density at radius 1 is 0.857 bits per heavy atom. The number of hydrogen-bond acceptors (Lipinski definition) is 5. The molecule has 4 rings (SSSR count). The van der Waals surface area contributed by atoms with Gasteiger partial charge in [-0.05, 0) is 29.7 Å². The lowest BCUT2D eigenvalue weighted by atomic mass is 10.1. The van der Waals surface area contributed by atoms with Gasteiger partial charge in [-0.3, -0.25) is 9.59 Å². The van der Waals surface area contributed by atoms with Crippen molar-refractivity contribution in [3.8, 4) is 0 Å². The number of carbonyl (C=O) groups excluding carboxylic acids is 1. The predicted octanol–water partition coefficient (Wildman–Crippen LogP) is 3.93. The highest BCUT2D eigenvalue weighted by molar-refractivity contribution is 6.04. The van der Waals surface area contributed by atoms with E-state index in [0.717, 1.165) is 16.7 Å². The third-order valence-corrected chi connectivity index (χ3v) is 5.55.